The van der Waals surface area contributed by atoms with Gasteiger partial charge in [0.25, 0.3) is 0 Å². The third-order valence-electron chi connectivity index (χ3n) is 2.90. The van der Waals surface area contributed by atoms with Crippen LogP contribution in [0.5, 0.6) is 0 Å². The van der Waals surface area contributed by atoms with Crippen LogP contribution in [0.2, 0.25) is 0 Å². The predicted molar refractivity (Wildman–Crippen MR) is 81.1 cm³/mol. The minimum atomic E-state index is -0.305. The smallest absolute Gasteiger partial charge is 0.330 e. The molecular formula is C15H28O2S. The molecule has 0 aliphatic heterocycles. The van der Waals surface area contributed by atoms with E-state index in [4.69, 9.17) is 4.74 Å². The largest absolute Gasteiger partial charge is 0.463 e. The summed E-state index contributed by atoms with van der Waals surface area (Å²) in [5.74, 6) is 1.00. The third kappa shape index (κ3) is 13.6. The second kappa shape index (κ2) is 14.6. The van der Waals surface area contributed by atoms with Crippen LogP contribution in [0.4, 0.5) is 0 Å². The van der Waals surface area contributed by atoms with Crippen LogP contribution in [0.15, 0.2) is 12.7 Å². The fourth-order valence-electron chi connectivity index (χ4n) is 1.82. The van der Waals surface area contributed by atoms with Crippen molar-refractivity contribution in [2.45, 2.75) is 57.8 Å². The van der Waals surface area contributed by atoms with Gasteiger partial charge >= 0.3 is 5.97 Å². The Morgan fingerprint density at radius 2 is 1.50 bits per heavy atom. The minimum absolute atomic E-state index is 0.305. The summed E-state index contributed by atoms with van der Waals surface area (Å²) in [6.45, 7) is 3.90. The van der Waals surface area contributed by atoms with E-state index in [1.54, 1.807) is 0 Å². The molecule has 0 amide bonds. The summed E-state index contributed by atoms with van der Waals surface area (Å²) in [6, 6.07) is 0. The molecule has 0 aromatic rings. The van der Waals surface area contributed by atoms with E-state index in [1.807, 2.05) is 11.8 Å². The Labute approximate surface area is 117 Å². The van der Waals surface area contributed by atoms with Crippen LogP contribution >= 0.6 is 11.8 Å². The van der Waals surface area contributed by atoms with Gasteiger partial charge in [-0.25, -0.2) is 4.79 Å². The molecule has 0 spiro atoms. The Morgan fingerprint density at radius 3 is 2.00 bits per heavy atom. The number of carbonyl (C=O) groups excluding carboxylic acids is 1. The maximum absolute atomic E-state index is 10.8. The van der Waals surface area contributed by atoms with Crippen LogP contribution < -0.4 is 0 Å². The zero-order valence-electron chi connectivity index (χ0n) is 11.8. The summed E-state index contributed by atoms with van der Waals surface area (Å²) in [7, 11) is 0. The van der Waals surface area contributed by atoms with Gasteiger partial charge < -0.3 is 4.74 Å². The number of thioether (sulfide) groups is 1. The number of carbonyl (C=O) groups is 1. The Bertz CT molecular complexity index is 205. The molecule has 0 atom stereocenters. The minimum Gasteiger partial charge on any atom is -0.463 e. The van der Waals surface area contributed by atoms with Crippen molar-refractivity contribution in [1.29, 1.82) is 0 Å². The molecular weight excluding hydrogens is 244 g/mol. The van der Waals surface area contributed by atoms with E-state index in [0.29, 0.717) is 6.61 Å². The number of unbranched alkanes of at least 4 members (excludes halogenated alkanes) is 8. The lowest BCUT2D eigenvalue weighted by atomic mass is 10.1. The highest BCUT2D eigenvalue weighted by molar-refractivity contribution is 7.98. The highest BCUT2D eigenvalue weighted by Gasteiger charge is 1.95. The molecule has 0 N–H and O–H groups in total. The van der Waals surface area contributed by atoms with Gasteiger partial charge in [0.15, 0.2) is 0 Å². The maximum Gasteiger partial charge on any atom is 0.330 e. The number of rotatable bonds is 13. The lowest BCUT2D eigenvalue weighted by molar-refractivity contribution is -0.137. The van der Waals surface area contributed by atoms with Crippen LogP contribution in [0, 0.1) is 0 Å². The van der Waals surface area contributed by atoms with E-state index in [0.717, 1.165) is 12.8 Å². The number of ether oxygens (including phenoxy) is 1. The van der Waals surface area contributed by atoms with Crippen molar-refractivity contribution < 1.29 is 9.53 Å². The second-order valence-corrected chi connectivity index (χ2v) is 5.53. The Balaban J connectivity index is 2.98. The summed E-state index contributed by atoms with van der Waals surface area (Å²) in [5.41, 5.74) is 0. The number of esters is 1. The number of hydrogen-bond donors (Lipinski definition) is 0. The molecule has 0 aromatic carbocycles. The first kappa shape index (κ1) is 17.6. The first-order valence-corrected chi connectivity index (χ1v) is 8.48. The second-order valence-electron chi connectivity index (χ2n) is 4.55. The first-order chi connectivity index (χ1) is 8.81. The summed E-state index contributed by atoms with van der Waals surface area (Å²) in [6.07, 6.45) is 15.0. The van der Waals surface area contributed by atoms with E-state index >= 15 is 0 Å². The molecule has 0 saturated heterocycles. The van der Waals surface area contributed by atoms with Crippen molar-refractivity contribution in [3.05, 3.63) is 12.7 Å². The van der Waals surface area contributed by atoms with Crippen molar-refractivity contribution >= 4 is 17.7 Å². The quantitative estimate of drug-likeness (QED) is 0.279. The van der Waals surface area contributed by atoms with Gasteiger partial charge in [-0.1, -0.05) is 51.5 Å². The van der Waals surface area contributed by atoms with Crippen LogP contribution in [0.25, 0.3) is 0 Å². The average molecular weight is 272 g/mol. The van der Waals surface area contributed by atoms with E-state index in [2.05, 4.69) is 12.8 Å². The lowest BCUT2D eigenvalue weighted by Crippen LogP contribution is -2.01. The van der Waals surface area contributed by atoms with Gasteiger partial charge in [0.1, 0.15) is 0 Å². The Morgan fingerprint density at radius 1 is 1.00 bits per heavy atom. The highest BCUT2D eigenvalue weighted by atomic mass is 32.2. The fourth-order valence-corrected chi connectivity index (χ4v) is 2.31. The Kier molecular flexibility index (Phi) is 14.3. The third-order valence-corrected chi connectivity index (χ3v) is 3.60. The molecule has 0 bridgehead atoms. The zero-order valence-corrected chi connectivity index (χ0v) is 12.6. The molecule has 0 aromatic heterocycles. The molecule has 0 aliphatic carbocycles. The van der Waals surface area contributed by atoms with Gasteiger partial charge in [-0.05, 0) is 24.9 Å². The topological polar surface area (TPSA) is 26.3 Å². The lowest BCUT2D eigenvalue weighted by Gasteiger charge is -2.03. The summed E-state index contributed by atoms with van der Waals surface area (Å²) in [4.78, 5) is 10.8. The SMILES string of the molecule is C=CC(=O)OCCCCCCCCCCCSC. The van der Waals surface area contributed by atoms with Crippen molar-refractivity contribution in [3.63, 3.8) is 0 Å². The van der Waals surface area contributed by atoms with Crippen molar-refractivity contribution in [2.24, 2.45) is 0 Å². The van der Waals surface area contributed by atoms with E-state index in [1.165, 1.54) is 56.8 Å². The molecule has 0 unspecified atom stereocenters. The highest BCUT2D eigenvalue weighted by Crippen LogP contribution is 2.10. The molecule has 0 aliphatic rings. The van der Waals surface area contributed by atoms with Gasteiger partial charge in [-0.3, -0.25) is 0 Å². The van der Waals surface area contributed by atoms with Gasteiger partial charge in [-0.2, -0.15) is 11.8 Å². The van der Waals surface area contributed by atoms with Crippen molar-refractivity contribution in [1.82, 2.24) is 0 Å². The molecule has 106 valence electrons. The number of hydrogen-bond acceptors (Lipinski definition) is 3. The van der Waals surface area contributed by atoms with Gasteiger partial charge in [0.05, 0.1) is 6.61 Å². The fraction of sp³-hybridized carbons (Fsp3) is 0.800. The summed E-state index contributed by atoms with van der Waals surface area (Å²) in [5, 5.41) is 0. The average Bonchev–Trinajstić information content (AvgIpc) is 2.39. The van der Waals surface area contributed by atoms with Crippen molar-refractivity contribution in [3.8, 4) is 0 Å². The van der Waals surface area contributed by atoms with Gasteiger partial charge in [0.2, 0.25) is 0 Å². The molecule has 0 fully saturated rings. The van der Waals surface area contributed by atoms with Crippen molar-refractivity contribution in [2.75, 3.05) is 18.6 Å². The monoisotopic (exact) mass is 272 g/mol. The van der Waals surface area contributed by atoms with E-state index < -0.39 is 0 Å². The van der Waals surface area contributed by atoms with E-state index in [-0.39, 0.29) is 5.97 Å². The molecule has 0 rings (SSSR count). The molecule has 18 heavy (non-hydrogen) atoms. The predicted octanol–water partition coefficient (Wildman–Crippen LogP) is 4.59. The van der Waals surface area contributed by atoms with Crippen LogP contribution in [-0.2, 0) is 9.53 Å². The standard InChI is InChI=1S/C15H28O2S/c1-3-15(16)17-13-11-9-7-5-4-6-8-10-12-14-18-2/h3H,1,4-14H2,2H3. The van der Waals surface area contributed by atoms with Crippen LogP contribution in [-0.4, -0.2) is 24.6 Å². The van der Waals surface area contributed by atoms with Gasteiger partial charge in [-0.15, -0.1) is 0 Å². The molecule has 3 heteroatoms. The first-order valence-electron chi connectivity index (χ1n) is 7.09. The maximum atomic E-state index is 10.8. The molecule has 0 saturated carbocycles. The summed E-state index contributed by atoms with van der Waals surface area (Å²) >= 11 is 1.94. The van der Waals surface area contributed by atoms with Gasteiger partial charge in [0, 0.05) is 6.08 Å². The van der Waals surface area contributed by atoms with Crippen LogP contribution in [0.3, 0.4) is 0 Å². The molecule has 0 heterocycles. The van der Waals surface area contributed by atoms with E-state index in [9.17, 15) is 4.79 Å². The molecule has 2 nitrogen and oxygen atoms in total. The Hall–Kier alpha value is -0.440. The molecule has 0 radical (unpaired) electrons. The normalized spacial score (nSPS) is 10.3. The van der Waals surface area contributed by atoms with Crippen LogP contribution in [0.1, 0.15) is 57.8 Å². The summed E-state index contributed by atoms with van der Waals surface area (Å²) < 4.78 is 4.91. The zero-order chi connectivity index (χ0) is 13.5.